The Labute approximate surface area is 126 Å². The first-order valence-corrected chi connectivity index (χ1v) is 9.75. The molecule has 6 nitrogen and oxygen atoms in total. The number of nitrogens with zero attached hydrogens (tertiary/aromatic N) is 1. The van der Waals surface area contributed by atoms with Crippen molar-refractivity contribution in [2.45, 2.75) is 38.9 Å². The van der Waals surface area contributed by atoms with E-state index in [1.54, 1.807) is 12.1 Å². The highest BCUT2D eigenvalue weighted by Crippen LogP contribution is 2.36. The van der Waals surface area contributed by atoms with Crippen molar-refractivity contribution in [2.75, 3.05) is 18.5 Å². The molecule has 0 unspecified atom stereocenters. The van der Waals surface area contributed by atoms with Crippen molar-refractivity contribution in [3.8, 4) is 5.88 Å². The van der Waals surface area contributed by atoms with Crippen LogP contribution in [0.3, 0.4) is 0 Å². The van der Waals surface area contributed by atoms with E-state index in [1.807, 2.05) is 0 Å². The van der Waals surface area contributed by atoms with Gasteiger partial charge in [-0.1, -0.05) is 20.8 Å². The smallest absolute Gasteiger partial charge is 0.409 e. The maximum absolute atomic E-state index is 10.5. The molecule has 7 heteroatoms. The highest BCUT2D eigenvalue weighted by Gasteiger charge is 2.36. The van der Waals surface area contributed by atoms with Crippen LogP contribution >= 0.6 is 0 Å². The molecule has 1 aromatic rings. The molecule has 0 saturated carbocycles. The molecule has 0 atom stereocenters. The monoisotopic (exact) mass is 312 g/mol. The molecule has 0 aromatic carbocycles. The third kappa shape index (κ3) is 5.72. The second-order valence-corrected chi connectivity index (χ2v) is 11.1. The summed E-state index contributed by atoms with van der Waals surface area (Å²) in [5.41, 5.74) is 0.410. The molecule has 1 aromatic heterocycles. The number of nitrogens with one attached hydrogen (secondary N) is 1. The van der Waals surface area contributed by atoms with Crippen LogP contribution in [0.2, 0.25) is 18.1 Å². The van der Waals surface area contributed by atoms with Gasteiger partial charge in [0.1, 0.15) is 6.61 Å². The van der Waals surface area contributed by atoms with E-state index >= 15 is 0 Å². The predicted octanol–water partition coefficient (Wildman–Crippen LogP) is 3.57. The normalized spacial score (nSPS) is 12.0. The van der Waals surface area contributed by atoms with Crippen molar-refractivity contribution in [3.63, 3.8) is 0 Å². The van der Waals surface area contributed by atoms with Crippen molar-refractivity contribution < 1.29 is 19.1 Å². The Morgan fingerprint density at radius 2 is 2.00 bits per heavy atom. The van der Waals surface area contributed by atoms with Gasteiger partial charge in [-0.25, -0.2) is 9.78 Å². The van der Waals surface area contributed by atoms with Crippen LogP contribution < -0.4 is 10.1 Å². The van der Waals surface area contributed by atoms with E-state index in [0.29, 0.717) is 24.8 Å². The molecule has 0 saturated heterocycles. The Hall–Kier alpha value is -1.60. The molecule has 0 radical (unpaired) electrons. The molecule has 1 amide bonds. The summed E-state index contributed by atoms with van der Waals surface area (Å²) in [7, 11) is -1.75. The molecule has 0 spiro atoms. The van der Waals surface area contributed by atoms with Crippen LogP contribution in [-0.2, 0) is 4.43 Å². The molecule has 2 N–H and O–H groups in total. The second-order valence-electron chi connectivity index (χ2n) is 6.27. The van der Waals surface area contributed by atoms with Gasteiger partial charge in [0.05, 0.1) is 18.5 Å². The van der Waals surface area contributed by atoms with E-state index in [-0.39, 0.29) is 5.04 Å². The van der Waals surface area contributed by atoms with Crippen LogP contribution in [-0.4, -0.2) is 37.7 Å². The van der Waals surface area contributed by atoms with Gasteiger partial charge in [0.2, 0.25) is 5.88 Å². The standard InChI is InChI=1S/C14H24N2O4Si/c1-14(2,3)21(4,5)20-9-8-19-12-7-6-11(10-15-12)16-13(17)18/h6-7,10,16H,8-9H2,1-5H3,(H,17,18). The summed E-state index contributed by atoms with van der Waals surface area (Å²) in [6.45, 7) is 11.9. The number of pyridine rings is 1. The second kappa shape index (κ2) is 6.90. The minimum atomic E-state index is -1.75. The van der Waals surface area contributed by atoms with E-state index in [2.05, 4.69) is 44.2 Å². The lowest BCUT2D eigenvalue weighted by Gasteiger charge is -2.36. The van der Waals surface area contributed by atoms with Gasteiger partial charge < -0.3 is 14.3 Å². The number of hydrogen-bond acceptors (Lipinski definition) is 4. The molecule has 1 heterocycles. The summed E-state index contributed by atoms with van der Waals surface area (Å²) in [6.07, 6.45) is 0.297. The van der Waals surface area contributed by atoms with Gasteiger partial charge in [-0.3, -0.25) is 5.32 Å². The maximum atomic E-state index is 10.5. The highest BCUT2D eigenvalue weighted by atomic mass is 28.4. The van der Waals surface area contributed by atoms with Crippen molar-refractivity contribution in [1.29, 1.82) is 0 Å². The largest absolute Gasteiger partial charge is 0.475 e. The van der Waals surface area contributed by atoms with Crippen LogP contribution in [0.5, 0.6) is 5.88 Å². The fraction of sp³-hybridized carbons (Fsp3) is 0.571. The minimum absolute atomic E-state index is 0.176. The zero-order valence-electron chi connectivity index (χ0n) is 13.3. The van der Waals surface area contributed by atoms with Gasteiger partial charge >= 0.3 is 6.09 Å². The van der Waals surface area contributed by atoms with Gasteiger partial charge in [-0.05, 0) is 24.2 Å². The molecule has 0 aliphatic heterocycles. The Kier molecular flexibility index (Phi) is 5.74. The number of anilines is 1. The molecule has 0 fully saturated rings. The molecule has 1 rings (SSSR count). The SMILES string of the molecule is CC(C)(C)[Si](C)(C)OCCOc1ccc(NC(=O)O)cn1. The Bertz CT molecular complexity index is 469. The average molecular weight is 312 g/mol. The molecule has 0 aliphatic carbocycles. The quantitative estimate of drug-likeness (QED) is 0.620. The van der Waals surface area contributed by atoms with Gasteiger partial charge in [-0.2, -0.15) is 0 Å². The summed E-state index contributed by atoms with van der Waals surface area (Å²) < 4.78 is 11.5. The summed E-state index contributed by atoms with van der Waals surface area (Å²) in [5, 5.41) is 11.0. The van der Waals surface area contributed by atoms with E-state index in [0.717, 1.165) is 0 Å². The molecule has 118 valence electrons. The third-order valence-electron chi connectivity index (χ3n) is 3.59. The lowest BCUT2D eigenvalue weighted by Crippen LogP contribution is -2.41. The van der Waals surface area contributed by atoms with E-state index < -0.39 is 14.4 Å². The number of carbonyl (C=O) groups is 1. The number of hydrogen-bond donors (Lipinski definition) is 2. The first-order chi connectivity index (χ1) is 9.62. The van der Waals surface area contributed by atoms with Crippen LogP contribution in [0, 0.1) is 0 Å². The van der Waals surface area contributed by atoms with Gasteiger partial charge in [0.15, 0.2) is 8.32 Å². The van der Waals surface area contributed by atoms with E-state index in [1.165, 1.54) is 6.20 Å². The van der Waals surface area contributed by atoms with Crippen molar-refractivity contribution in [2.24, 2.45) is 0 Å². The fourth-order valence-electron chi connectivity index (χ4n) is 1.32. The number of aromatic nitrogens is 1. The summed E-state index contributed by atoms with van der Waals surface area (Å²) in [5.74, 6) is 0.449. The molecule has 0 aliphatic rings. The highest BCUT2D eigenvalue weighted by molar-refractivity contribution is 6.74. The third-order valence-corrected chi connectivity index (χ3v) is 8.13. The van der Waals surface area contributed by atoms with Crippen LogP contribution in [0.15, 0.2) is 18.3 Å². The van der Waals surface area contributed by atoms with Crippen molar-refractivity contribution in [1.82, 2.24) is 4.98 Å². The summed E-state index contributed by atoms with van der Waals surface area (Å²) in [4.78, 5) is 14.5. The average Bonchev–Trinajstić information content (AvgIpc) is 2.34. The number of carboxylic acid groups (broad SMARTS) is 1. The van der Waals surface area contributed by atoms with Crippen LogP contribution in [0.1, 0.15) is 20.8 Å². The summed E-state index contributed by atoms with van der Waals surface area (Å²) in [6, 6.07) is 3.22. The van der Waals surface area contributed by atoms with Crippen LogP contribution in [0.4, 0.5) is 10.5 Å². The number of rotatable bonds is 6. The summed E-state index contributed by atoms with van der Waals surface area (Å²) >= 11 is 0. The van der Waals surface area contributed by atoms with Gasteiger partial charge in [-0.15, -0.1) is 0 Å². The zero-order valence-corrected chi connectivity index (χ0v) is 14.3. The molecule has 0 bridgehead atoms. The van der Waals surface area contributed by atoms with E-state index in [9.17, 15) is 4.79 Å². The number of ether oxygens (including phenoxy) is 1. The Morgan fingerprint density at radius 1 is 1.33 bits per heavy atom. The minimum Gasteiger partial charge on any atom is -0.475 e. The lowest BCUT2D eigenvalue weighted by molar-refractivity contribution is 0.199. The van der Waals surface area contributed by atoms with Gasteiger partial charge in [0, 0.05) is 6.07 Å². The predicted molar refractivity (Wildman–Crippen MR) is 84.5 cm³/mol. The first-order valence-electron chi connectivity index (χ1n) is 6.84. The maximum Gasteiger partial charge on any atom is 0.409 e. The van der Waals surface area contributed by atoms with Crippen LogP contribution in [0.25, 0.3) is 0 Å². The lowest BCUT2D eigenvalue weighted by atomic mass is 10.2. The molecular weight excluding hydrogens is 288 g/mol. The fourth-order valence-corrected chi connectivity index (χ4v) is 2.35. The molecular formula is C14H24N2O4Si. The van der Waals surface area contributed by atoms with Gasteiger partial charge in [0.25, 0.3) is 0 Å². The first kappa shape index (κ1) is 17.4. The zero-order chi connectivity index (χ0) is 16.1. The Balaban J connectivity index is 2.38. The van der Waals surface area contributed by atoms with Crippen molar-refractivity contribution in [3.05, 3.63) is 18.3 Å². The number of amides is 1. The topological polar surface area (TPSA) is 80.7 Å². The Morgan fingerprint density at radius 3 is 2.48 bits per heavy atom. The molecule has 21 heavy (non-hydrogen) atoms. The van der Waals surface area contributed by atoms with E-state index in [4.69, 9.17) is 14.3 Å². The van der Waals surface area contributed by atoms with Crippen molar-refractivity contribution >= 4 is 20.1 Å².